The van der Waals surface area contributed by atoms with Crippen LogP contribution in [0, 0.1) is 5.92 Å². The molecule has 1 aromatic carbocycles. The van der Waals surface area contributed by atoms with Crippen molar-refractivity contribution < 1.29 is 4.79 Å². The lowest BCUT2D eigenvalue weighted by atomic mass is 9.82. The van der Waals surface area contributed by atoms with Crippen LogP contribution < -0.4 is 5.32 Å². The summed E-state index contributed by atoms with van der Waals surface area (Å²) in [5.74, 6) is 0.968. The van der Waals surface area contributed by atoms with Crippen molar-refractivity contribution in [2.75, 3.05) is 7.05 Å². The van der Waals surface area contributed by atoms with Crippen LogP contribution in [0.1, 0.15) is 43.6 Å². The summed E-state index contributed by atoms with van der Waals surface area (Å²) in [6.07, 6.45) is 5.53. The first-order valence-electron chi connectivity index (χ1n) is 6.67. The van der Waals surface area contributed by atoms with E-state index >= 15 is 0 Å². The molecule has 0 aromatic heterocycles. The molecule has 1 saturated carbocycles. The van der Waals surface area contributed by atoms with Gasteiger partial charge in [-0.2, -0.15) is 0 Å². The van der Waals surface area contributed by atoms with Crippen molar-refractivity contribution in [2.45, 2.75) is 38.0 Å². The van der Waals surface area contributed by atoms with Crippen LogP contribution >= 0.6 is 11.6 Å². The third kappa shape index (κ3) is 3.05. The second kappa shape index (κ2) is 6.24. The van der Waals surface area contributed by atoms with Crippen molar-refractivity contribution in [3.8, 4) is 0 Å². The Labute approximate surface area is 114 Å². The molecule has 18 heavy (non-hydrogen) atoms. The summed E-state index contributed by atoms with van der Waals surface area (Å²) in [5, 5.41) is 3.52. The average molecular weight is 266 g/mol. The van der Waals surface area contributed by atoms with E-state index in [1.54, 1.807) is 7.05 Å². The molecule has 0 radical (unpaired) electrons. The first kappa shape index (κ1) is 13.4. The van der Waals surface area contributed by atoms with Crippen LogP contribution in [-0.2, 0) is 4.79 Å². The number of rotatable bonds is 4. The highest BCUT2D eigenvalue weighted by Gasteiger charge is 2.29. The molecule has 98 valence electrons. The van der Waals surface area contributed by atoms with Gasteiger partial charge in [-0.3, -0.25) is 4.79 Å². The largest absolute Gasteiger partial charge is 0.359 e. The molecule has 1 N–H and O–H groups in total. The Morgan fingerprint density at radius 3 is 2.67 bits per heavy atom. The monoisotopic (exact) mass is 265 g/mol. The molecule has 2 rings (SSSR count). The molecule has 1 aliphatic carbocycles. The van der Waals surface area contributed by atoms with E-state index in [-0.39, 0.29) is 11.8 Å². The molecule has 1 aromatic rings. The highest BCUT2D eigenvalue weighted by atomic mass is 35.5. The second-order valence-electron chi connectivity index (χ2n) is 5.05. The zero-order valence-corrected chi connectivity index (χ0v) is 11.5. The summed E-state index contributed by atoms with van der Waals surface area (Å²) >= 11 is 6.29. The molecule has 0 spiro atoms. The molecule has 1 amide bonds. The fourth-order valence-corrected chi connectivity index (χ4v) is 3.24. The van der Waals surface area contributed by atoms with Crippen molar-refractivity contribution in [3.05, 3.63) is 34.9 Å². The first-order chi connectivity index (χ1) is 8.72. The topological polar surface area (TPSA) is 29.1 Å². The molecule has 3 heteroatoms. The van der Waals surface area contributed by atoms with Crippen molar-refractivity contribution in [1.29, 1.82) is 0 Å². The maximum atomic E-state index is 11.7. The van der Waals surface area contributed by atoms with Crippen molar-refractivity contribution in [3.63, 3.8) is 0 Å². The van der Waals surface area contributed by atoms with Crippen LogP contribution in [0.3, 0.4) is 0 Å². The minimum absolute atomic E-state index is 0.104. The summed E-state index contributed by atoms with van der Waals surface area (Å²) < 4.78 is 0. The summed E-state index contributed by atoms with van der Waals surface area (Å²) in [6, 6.07) is 7.93. The fraction of sp³-hybridized carbons (Fsp3) is 0.533. The Kier molecular flexibility index (Phi) is 4.65. The quantitative estimate of drug-likeness (QED) is 0.883. The van der Waals surface area contributed by atoms with Crippen LogP contribution in [0.2, 0.25) is 5.02 Å². The second-order valence-corrected chi connectivity index (χ2v) is 5.46. The van der Waals surface area contributed by atoms with Crippen molar-refractivity contribution in [2.24, 2.45) is 5.92 Å². The summed E-state index contributed by atoms with van der Waals surface area (Å²) in [5.41, 5.74) is 1.13. The number of carbonyl (C=O) groups is 1. The van der Waals surface area contributed by atoms with Crippen LogP contribution in [0.15, 0.2) is 24.3 Å². The highest BCUT2D eigenvalue weighted by molar-refractivity contribution is 6.31. The molecule has 0 heterocycles. The lowest BCUT2D eigenvalue weighted by molar-refractivity contribution is -0.121. The van der Waals surface area contributed by atoms with E-state index < -0.39 is 0 Å². The van der Waals surface area contributed by atoms with E-state index in [9.17, 15) is 4.79 Å². The Balaban J connectivity index is 2.23. The molecule has 1 atom stereocenters. The average Bonchev–Trinajstić information content (AvgIpc) is 2.90. The maximum Gasteiger partial charge on any atom is 0.220 e. The summed E-state index contributed by atoms with van der Waals surface area (Å²) in [7, 11) is 1.70. The van der Waals surface area contributed by atoms with Crippen LogP contribution in [-0.4, -0.2) is 13.0 Å². The summed E-state index contributed by atoms with van der Waals surface area (Å²) in [4.78, 5) is 11.7. The molecule has 1 aliphatic rings. The predicted molar refractivity (Wildman–Crippen MR) is 74.8 cm³/mol. The van der Waals surface area contributed by atoms with Gasteiger partial charge in [-0.05, 0) is 36.3 Å². The number of nitrogens with one attached hydrogen (secondary N) is 1. The number of benzene rings is 1. The third-order valence-electron chi connectivity index (χ3n) is 3.96. The smallest absolute Gasteiger partial charge is 0.220 e. The first-order valence-corrected chi connectivity index (χ1v) is 7.05. The number of hydrogen-bond donors (Lipinski definition) is 1. The number of amides is 1. The van der Waals surface area contributed by atoms with Gasteiger partial charge in [0.15, 0.2) is 0 Å². The molecule has 0 saturated heterocycles. The van der Waals surface area contributed by atoms with E-state index in [1.807, 2.05) is 18.2 Å². The zero-order valence-electron chi connectivity index (χ0n) is 10.8. The standard InChI is InChI=1S/C15H20ClNO/c1-17-15(18)10-13(11-6-2-3-7-11)12-8-4-5-9-14(12)16/h4-5,8-9,11,13H,2-3,6-7,10H2,1H3,(H,17,18). The van der Waals surface area contributed by atoms with Gasteiger partial charge in [-0.15, -0.1) is 0 Å². The maximum absolute atomic E-state index is 11.7. The number of halogens is 1. The van der Waals surface area contributed by atoms with Gasteiger partial charge in [0, 0.05) is 18.5 Å². The van der Waals surface area contributed by atoms with Gasteiger partial charge in [0.2, 0.25) is 5.91 Å². The van der Waals surface area contributed by atoms with E-state index in [0.717, 1.165) is 10.6 Å². The molecule has 2 nitrogen and oxygen atoms in total. The van der Waals surface area contributed by atoms with Crippen LogP contribution in [0.4, 0.5) is 0 Å². The number of carbonyl (C=O) groups excluding carboxylic acids is 1. The van der Waals surface area contributed by atoms with Gasteiger partial charge in [0.25, 0.3) is 0 Å². The van der Waals surface area contributed by atoms with E-state index in [2.05, 4.69) is 11.4 Å². The van der Waals surface area contributed by atoms with Crippen LogP contribution in [0.25, 0.3) is 0 Å². The Hall–Kier alpha value is -1.02. The molecule has 1 fully saturated rings. The van der Waals surface area contributed by atoms with E-state index in [0.29, 0.717) is 12.3 Å². The van der Waals surface area contributed by atoms with Crippen molar-refractivity contribution in [1.82, 2.24) is 5.32 Å². The van der Waals surface area contributed by atoms with Gasteiger partial charge >= 0.3 is 0 Å². The molecular weight excluding hydrogens is 246 g/mol. The molecule has 0 bridgehead atoms. The molecule has 0 aliphatic heterocycles. The molecular formula is C15H20ClNO. The van der Waals surface area contributed by atoms with Gasteiger partial charge in [-0.25, -0.2) is 0 Å². The summed E-state index contributed by atoms with van der Waals surface area (Å²) in [6.45, 7) is 0. The van der Waals surface area contributed by atoms with Gasteiger partial charge in [0.1, 0.15) is 0 Å². The lowest BCUT2D eigenvalue weighted by Crippen LogP contribution is -2.23. The third-order valence-corrected chi connectivity index (χ3v) is 4.30. The predicted octanol–water partition coefficient (Wildman–Crippen LogP) is 3.75. The number of hydrogen-bond acceptors (Lipinski definition) is 1. The minimum atomic E-state index is 0.104. The Morgan fingerprint density at radius 2 is 2.06 bits per heavy atom. The van der Waals surface area contributed by atoms with Gasteiger partial charge in [0.05, 0.1) is 0 Å². The zero-order chi connectivity index (χ0) is 13.0. The van der Waals surface area contributed by atoms with Crippen molar-refractivity contribution >= 4 is 17.5 Å². The van der Waals surface area contributed by atoms with E-state index in [1.165, 1.54) is 25.7 Å². The normalized spacial score (nSPS) is 17.7. The lowest BCUT2D eigenvalue weighted by Gasteiger charge is -2.24. The van der Waals surface area contributed by atoms with Gasteiger partial charge < -0.3 is 5.32 Å². The SMILES string of the molecule is CNC(=O)CC(c1ccccc1Cl)C1CCCC1. The molecule has 1 unspecified atom stereocenters. The highest BCUT2D eigenvalue weighted by Crippen LogP contribution is 2.41. The fourth-order valence-electron chi connectivity index (χ4n) is 2.97. The van der Waals surface area contributed by atoms with Crippen LogP contribution in [0.5, 0.6) is 0 Å². The Morgan fingerprint density at radius 1 is 1.39 bits per heavy atom. The minimum Gasteiger partial charge on any atom is -0.359 e. The Bertz CT molecular complexity index is 413. The van der Waals surface area contributed by atoms with Gasteiger partial charge in [-0.1, -0.05) is 42.6 Å². The van der Waals surface area contributed by atoms with E-state index in [4.69, 9.17) is 11.6 Å².